The van der Waals surface area contributed by atoms with Gasteiger partial charge in [-0.25, -0.2) is 0 Å². The molecule has 1 aromatic carbocycles. The Morgan fingerprint density at radius 3 is 2.32 bits per heavy atom. The zero-order valence-corrected chi connectivity index (χ0v) is 15.5. The van der Waals surface area contributed by atoms with E-state index < -0.39 is 0 Å². The van der Waals surface area contributed by atoms with Gasteiger partial charge in [0.2, 0.25) is 0 Å². The molecule has 2 rings (SSSR count). The van der Waals surface area contributed by atoms with Crippen LogP contribution < -0.4 is 0 Å². The van der Waals surface area contributed by atoms with Crippen molar-refractivity contribution in [3.8, 4) is 0 Å². The maximum absolute atomic E-state index is 12.6. The average Bonchev–Trinajstić information content (AvgIpc) is 2.66. The number of allylic oxidation sites excluding steroid dienone is 1. The van der Waals surface area contributed by atoms with Crippen LogP contribution in [0.25, 0.3) is 6.08 Å². The van der Waals surface area contributed by atoms with Crippen LogP contribution in [0.15, 0.2) is 54.7 Å². The highest BCUT2D eigenvalue weighted by Gasteiger charge is 2.15. The van der Waals surface area contributed by atoms with Crippen molar-refractivity contribution in [2.24, 2.45) is 0 Å². The number of rotatable bonds is 8. The fourth-order valence-electron chi connectivity index (χ4n) is 2.76. The molecule has 0 bridgehead atoms. The lowest BCUT2D eigenvalue weighted by molar-refractivity contribution is 0.0755. The summed E-state index contributed by atoms with van der Waals surface area (Å²) < 4.78 is 0. The second kappa shape index (κ2) is 9.77. The topological polar surface area (TPSA) is 33.2 Å². The minimum atomic E-state index is 0.0789. The highest BCUT2D eigenvalue weighted by molar-refractivity contribution is 5.93. The number of amides is 1. The SMILES string of the molecule is CCCN(CCC)C(=O)c1ccc(C(C)C=Cc2ccccc2)nc1. The predicted molar refractivity (Wildman–Crippen MR) is 105 cm³/mol. The maximum Gasteiger partial charge on any atom is 0.255 e. The molecule has 0 aliphatic heterocycles. The van der Waals surface area contributed by atoms with Crippen molar-refractivity contribution in [3.63, 3.8) is 0 Å². The predicted octanol–water partition coefficient (Wildman–Crippen LogP) is 5.16. The Morgan fingerprint density at radius 2 is 1.76 bits per heavy atom. The van der Waals surface area contributed by atoms with Crippen molar-refractivity contribution in [2.45, 2.75) is 39.5 Å². The minimum absolute atomic E-state index is 0.0789. The second-order valence-electron chi connectivity index (χ2n) is 6.32. The summed E-state index contributed by atoms with van der Waals surface area (Å²) in [6.45, 7) is 7.90. The van der Waals surface area contributed by atoms with Crippen LogP contribution in [0.3, 0.4) is 0 Å². The van der Waals surface area contributed by atoms with E-state index in [4.69, 9.17) is 0 Å². The van der Waals surface area contributed by atoms with E-state index in [0.29, 0.717) is 5.56 Å². The smallest absolute Gasteiger partial charge is 0.255 e. The first-order valence-corrected chi connectivity index (χ1v) is 9.14. The van der Waals surface area contributed by atoms with Gasteiger partial charge in [-0.1, -0.05) is 63.3 Å². The van der Waals surface area contributed by atoms with Crippen LogP contribution in [0.2, 0.25) is 0 Å². The molecule has 1 heterocycles. The Kier molecular flexibility index (Phi) is 7.39. The molecule has 0 aliphatic rings. The van der Waals surface area contributed by atoms with E-state index in [-0.39, 0.29) is 11.8 Å². The molecule has 3 heteroatoms. The van der Waals surface area contributed by atoms with Crippen molar-refractivity contribution >= 4 is 12.0 Å². The summed E-state index contributed by atoms with van der Waals surface area (Å²) in [5.41, 5.74) is 2.82. The molecule has 132 valence electrons. The fourth-order valence-corrected chi connectivity index (χ4v) is 2.76. The molecule has 3 nitrogen and oxygen atoms in total. The third kappa shape index (κ3) is 5.56. The Balaban J connectivity index is 2.05. The molecule has 2 aromatic rings. The second-order valence-corrected chi connectivity index (χ2v) is 6.32. The standard InChI is InChI=1S/C22H28N2O/c1-4-15-24(16-5-2)22(25)20-13-14-21(23-17-20)18(3)11-12-19-9-7-6-8-10-19/h6-14,17-18H,4-5,15-16H2,1-3H3. The first-order chi connectivity index (χ1) is 12.2. The van der Waals surface area contributed by atoms with Crippen molar-refractivity contribution < 1.29 is 4.79 Å². The summed E-state index contributed by atoms with van der Waals surface area (Å²) in [4.78, 5) is 19.0. The Hall–Kier alpha value is -2.42. The zero-order valence-electron chi connectivity index (χ0n) is 15.5. The number of carbonyl (C=O) groups excluding carboxylic acids is 1. The van der Waals surface area contributed by atoms with Gasteiger partial charge in [0.25, 0.3) is 5.91 Å². The number of carbonyl (C=O) groups is 1. The van der Waals surface area contributed by atoms with E-state index in [1.807, 2.05) is 35.2 Å². The molecule has 0 radical (unpaired) electrons. The Bertz CT molecular complexity index is 671. The molecule has 0 saturated heterocycles. The van der Waals surface area contributed by atoms with Gasteiger partial charge in [-0.15, -0.1) is 0 Å². The lowest BCUT2D eigenvalue weighted by atomic mass is 10.0. The molecule has 25 heavy (non-hydrogen) atoms. The molecule has 0 fully saturated rings. The van der Waals surface area contributed by atoms with Crippen LogP contribution in [0.1, 0.15) is 61.1 Å². The van der Waals surface area contributed by atoms with Crippen LogP contribution in [-0.4, -0.2) is 28.9 Å². The maximum atomic E-state index is 12.6. The lowest BCUT2D eigenvalue weighted by Crippen LogP contribution is -2.32. The van der Waals surface area contributed by atoms with Gasteiger partial charge in [-0.2, -0.15) is 0 Å². The summed E-state index contributed by atoms with van der Waals surface area (Å²) in [6, 6.07) is 14.1. The van der Waals surface area contributed by atoms with Gasteiger partial charge in [-0.05, 0) is 30.5 Å². The third-order valence-electron chi connectivity index (χ3n) is 4.15. The van der Waals surface area contributed by atoms with E-state index in [9.17, 15) is 4.79 Å². The number of benzene rings is 1. The molecular formula is C22H28N2O. The summed E-state index contributed by atoms with van der Waals surface area (Å²) >= 11 is 0. The quantitative estimate of drug-likeness (QED) is 0.667. The first kappa shape index (κ1) is 18.9. The monoisotopic (exact) mass is 336 g/mol. The number of pyridine rings is 1. The van der Waals surface area contributed by atoms with Crippen LogP contribution in [-0.2, 0) is 0 Å². The van der Waals surface area contributed by atoms with Crippen LogP contribution in [0.5, 0.6) is 0 Å². The normalized spacial score (nSPS) is 12.3. The highest BCUT2D eigenvalue weighted by atomic mass is 16.2. The third-order valence-corrected chi connectivity index (χ3v) is 4.15. The molecule has 0 aliphatic carbocycles. The number of nitrogens with zero attached hydrogens (tertiary/aromatic N) is 2. The van der Waals surface area contributed by atoms with Gasteiger partial charge >= 0.3 is 0 Å². The Morgan fingerprint density at radius 1 is 1.08 bits per heavy atom. The largest absolute Gasteiger partial charge is 0.339 e. The van der Waals surface area contributed by atoms with Gasteiger partial charge < -0.3 is 4.90 Å². The number of hydrogen-bond donors (Lipinski definition) is 0. The van der Waals surface area contributed by atoms with E-state index in [1.165, 1.54) is 5.56 Å². The first-order valence-electron chi connectivity index (χ1n) is 9.14. The van der Waals surface area contributed by atoms with Gasteiger partial charge in [0.1, 0.15) is 0 Å². The molecular weight excluding hydrogens is 308 g/mol. The van der Waals surface area contributed by atoms with Crippen molar-refractivity contribution in [2.75, 3.05) is 13.1 Å². The van der Waals surface area contributed by atoms with Gasteiger partial charge in [0, 0.05) is 30.9 Å². The van der Waals surface area contributed by atoms with E-state index >= 15 is 0 Å². The van der Waals surface area contributed by atoms with Gasteiger partial charge in [0.15, 0.2) is 0 Å². The van der Waals surface area contributed by atoms with Crippen molar-refractivity contribution in [1.29, 1.82) is 0 Å². The lowest BCUT2D eigenvalue weighted by Gasteiger charge is -2.21. The summed E-state index contributed by atoms with van der Waals surface area (Å²) in [5.74, 6) is 0.280. The van der Waals surface area contributed by atoms with Crippen LogP contribution in [0.4, 0.5) is 0 Å². The van der Waals surface area contributed by atoms with E-state index in [0.717, 1.165) is 31.6 Å². The van der Waals surface area contributed by atoms with Crippen LogP contribution >= 0.6 is 0 Å². The van der Waals surface area contributed by atoms with Crippen molar-refractivity contribution in [3.05, 3.63) is 71.6 Å². The van der Waals surface area contributed by atoms with Gasteiger partial charge in [0.05, 0.1) is 5.56 Å². The summed E-state index contributed by atoms with van der Waals surface area (Å²) in [6.07, 6.45) is 7.90. The van der Waals surface area contributed by atoms with Crippen molar-refractivity contribution in [1.82, 2.24) is 9.88 Å². The molecule has 1 aromatic heterocycles. The highest BCUT2D eigenvalue weighted by Crippen LogP contribution is 2.17. The van der Waals surface area contributed by atoms with Gasteiger partial charge in [-0.3, -0.25) is 9.78 Å². The molecule has 1 atom stereocenters. The molecule has 0 spiro atoms. The zero-order chi connectivity index (χ0) is 18.1. The molecule has 0 N–H and O–H groups in total. The van der Waals surface area contributed by atoms with E-state index in [1.54, 1.807) is 6.20 Å². The molecule has 1 amide bonds. The van der Waals surface area contributed by atoms with Crippen LogP contribution in [0, 0.1) is 0 Å². The number of hydrogen-bond acceptors (Lipinski definition) is 2. The summed E-state index contributed by atoms with van der Waals surface area (Å²) in [5, 5.41) is 0. The van der Waals surface area contributed by atoms with E-state index in [2.05, 4.69) is 50.0 Å². The molecule has 1 unspecified atom stereocenters. The Labute approximate surface area is 151 Å². The summed E-state index contributed by atoms with van der Waals surface area (Å²) in [7, 11) is 0. The average molecular weight is 336 g/mol. The molecule has 0 saturated carbocycles. The minimum Gasteiger partial charge on any atom is -0.339 e. The fraction of sp³-hybridized carbons (Fsp3) is 0.364. The number of aromatic nitrogens is 1.